The van der Waals surface area contributed by atoms with Gasteiger partial charge in [0, 0.05) is 13.1 Å². The number of carboxylic acids is 1. The fourth-order valence-corrected chi connectivity index (χ4v) is 2.78. The molecule has 0 aliphatic carbocycles. The minimum Gasteiger partial charge on any atom is -0.476 e. The molecule has 0 radical (unpaired) electrons. The van der Waals surface area contributed by atoms with Crippen LogP contribution in [0.3, 0.4) is 0 Å². The smallest absolute Gasteiger partial charge is 0.358 e. The number of nitrogens with zero attached hydrogens (tertiary/aromatic N) is 5. The van der Waals surface area contributed by atoms with Gasteiger partial charge in [0.15, 0.2) is 5.69 Å². The van der Waals surface area contributed by atoms with Gasteiger partial charge in [-0.2, -0.15) is 0 Å². The zero-order valence-electron chi connectivity index (χ0n) is 11.3. The molecule has 21 heavy (non-hydrogen) atoms. The molecule has 1 unspecified atom stereocenters. The lowest BCUT2D eigenvalue weighted by Gasteiger charge is -2.36. The molecule has 0 spiro atoms. The third-order valence-corrected chi connectivity index (χ3v) is 3.85. The highest BCUT2D eigenvalue weighted by Gasteiger charge is 2.41. The Bertz CT molecular complexity index is 598. The van der Waals surface area contributed by atoms with E-state index in [1.54, 1.807) is 4.90 Å². The molecule has 1 aromatic heterocycles. The summed E-state index contributed by atoms with van der Waals surface area (Å²) in [6.45, 7) is 1.37. The molecule has 112 valence electrons. The second kappa shape index (κ2) is 5.15. The number of carboxylic acid groups (broad SMARTS) is 1. The molecule has 0 aromatic carbocycles. The maximum atomic E-state index is 12.3. The first-order valence-corrected chi connectivity index (χ1v) is 6.78. The summed E-state index contributed by atoms with van der Waals surface area (Å²) < 4.78 is 1.36. The second-order valence-electron chi connectivity index (χ2n) is 5.18. The molecule has 2 amide bonds. The summed E-state index contributed by atoms with van der Waals surface area (Å²) in [5.41, 5.74) is -0.141. The minimum atomic E-state index is -1.15. The number of fused-ring (bicyclic) bond motifs is 1. The van der Waals surface area contributed by atoms with Crippen molar-refractivity contribution in [3.63, 3.8) is 0 Å². The highest BCUT2D eigenvalue weighted by atomic mass is 16.4. The van der Waals surface area contributed by atoms with Crippen molar-refractivity contribution < 1.29 is 19.5 Å². The highest BCUT2D eigenvalue weighted by molar-refractivity contribution is 5.95. The van der Waals surface area contributed by atoms with Crippen LogP contribution in [0.4, 0.5) is 0 Å². The minimum absolute atomic E-state index is 0.0260. The Morgan fingerprint density at radius 3 is 2.90 bits per heavy atom. The SMILES string of the molecule is O=C(O)c1cn(CCN2CC(=O)N3CCCC3C2=O)nn1. The van der Waals surface area contributed by atoms with E-state index in [0.717, 1.165) is 6.42 Å². The van der Waals surface area contributed by atoms with Gasteiger partial charge >= 0.3 is 5.97 Å². The Morgan fingerprint density at radius 1 is 1.38 bits per heavy atom. The van der Waals surface area contributed by atoms with Gasteiger partial charge in [-0.3, -0.25) is 9.59 Å². The van der Waals surface area contributed by atoms with Crippen LogP contribution in [-0.4, -0.2) is 73.4 Å². The van der Waals surface area contributed by atoms with E-state index in [0.29, 0.717) is 26.1 Å². The predicted octanol–water partition coefficient (Wildman–Crippen LogP) is -1.19. The van der Waals surface area contributed by atoms with Crippen molar-refractivity contribution in [2.45, 2.75) is 25.4 Å². The molecule has 3 rings (SSSR count). The van der Waals surface area contributed by atoms with E-state index in [4.69, 9.17) is 5.11 Å². The van der Waals surface area contributed by atoms with Gasteiger partial charge < -0.3 is 14.9 Å². The molecule has 1 N–H and O–H groups in total. The lowest BCUT2D eigenvalue weighted by atomic mass is 10.1. The number of carbonyl (C=O) groups is 3. The quantitative estimate of drug-likeness (QED) is 0.747. The zero-order valence-corrected chi connectivity index (χ0v) is 11.3. The lowest BCUT2D eigenvalue weighted by molar-refractivity contribution is -0.153. The van der Waals surface area contributed by atoms with Gasteiger partial charge in [0.05, 0.1) is 19.3 Å². The molecule has 2 aliphatic heterocycles. The zero-order chi connectivity index (χ0) is 15.0. The summed E-state index contributed by atoms with van der Waals surface area (Å²) in [5.74, 6) is -1.21. The number of aromatic carboxylic acids is 1. The molecule has 2 fully saturated rings. The second-order valence-corrected chi connectivity index (χ2v) is 5.18. The number of aromatic nitrogens is 3. The van der Waals surface area contributed by atoms with Gasteiger partial charge in [-0.25, -0.2) is 9.48 Å². The van der Waals surface area contributed by atoms with Crippen molar-refractivity contribution in [2.75, 3.05) is 19.6 Å². The van der Waals surface area contributed by atoms with Gasteiger partial charge in [0.2, 0.25) is 11.8 Å². The van der Waals surface area contributed by atoms with Crippen molar-refractivity contribution in [1.29, 1.82) is 0 Å². The van der Waals surface area contributed by atoms with Crippen molar-refractivity contribution in [2.24, 2.45) is 0 Å². The van der Waals surface area contributed by atoms with Crippen LogP contribution in [0.15, 0.2) is 6.20 Å². The summed E-state index contributed by atoms with van der Waals surface area (Å²) in [7, 11) is 0. The van der Waals surface area contributed by atoms with Crippen LogP contribution < -0.4 is 0 Å². The number of hydrogen-bond acceptors (Lipinski definition) is 5. The van der Waals surface area contributed by atoms with E-state index < -0.39 is 5.97 Å². The number of carbonyl (C=O) groups excluding carboxylic acids is 2. The monoisotopic (exact) mass is 293 g/mol. The normalized spacial score (nSPS) is 21.8. The van der Waals surface area contributed by atoms with E-state index in [1.807, 2.05) is 0 Å². The van der Waals surface area contributed by atoms with Gasteiger partial charge in [-0.1, -0.05) is 5.21 Å². The number of rotatable bonds is 4. The first-order valence-electron chi connectivity index (χ1n) is 6.78. The average Bonchev–Trinajstić information content (AvgIpc) is 3.09. The van der Waals surface area contributed by atoms with Gasteiger partial charge in [-0.05, 0) is 12.8 Å². The lowest BCUT2D eigenvalue weighted by Crippen LogP contribution is -2.57. The van der Waals surface area contributed by atoms with Crippen LogP contribution >= 0.6 is 0 Å². The Hall–Kier alpha value is -2.45. The summed E-state index contributed by atoms with van der Waals surface area (Å²) in [6, 6.07) is -0.323. The Balaban J connectivity index is 1.63. The summed E-state index contributed by atoms with van der Waals surface area (Å²) in [5, 5.41) is 16.0. The Morgan fingerprint density at radius 2 is 2.19 bits per heavy atom. The van der Waals surface area contributed by atoms with Crippen molar-refractivity contribution in [3.05, 3.63) is 11.9 Å². The summed E-state index contributed by atoms with van der Waals surface area (Å²) in [6.07, 6.45) is 2.88. The summed E-state index contributed by atoms with van der Waals surface area (Å²) in [4.78, 5) is 38.1. The first-order chi connectivity index (χ1) is 10.1. The van der Waals surface area contributed by atoms with Crippen molar-refractivity contribution in [1.82, 2.24) is 24.8 Å². The van der Waals surface area contributed by atoms with Crippen LogP contribution in [0.2, 0.25) is 0 Å². The molecule has 3 heterocycles. The van der Waals surface area contributed by atoms with E-state index in [1.165, 1.54) is 15.8 Å². The Labute approximate surface area is 120 Å². The molecule has 9 nitrogen and oxygen atoms in total. The van der Waals surface area contributed by atoms with Crippen LogP contribution in [0.1, 0.15) is 23.3 Å². The molecule has 0 saturated carbocycles. The van der Waals surface area contributed by atoms with E-state index >= 15 is 0 Å². The average molecular weight is 293 g/mol. The van der Waals surface area contributed by atoms with Crippen molar-refractivity contribution in [3.8, 4) is 0 Å². The molecule has 0 bridgehead atoms. The van der Waals surface area contributed by atoms with E-state index in [2.05, 4.69) is 10.3 Å². The molecule has 2 aliphatic rings. The first kappa shape index (κ1) is 13.5. The maximum Gasteiger partial charge on any atom is 0.358 e. The number of piperazine rings is 1. The Kier molecular flexibility index (Phi) is 3.32. The summed E-state index contributed by atoms with van der Waals surface area (Å²) >= 11 is 0. The van der Waals surface area contributed by atoms with Gasteiger partial charge in [-0.15, -0.1) is 5.10 Å². The fourth-order valence-electron chi connectivity index (χ4n) is 2.78. The largest absolute Gasteiger partial charge is 0.476 e. The molecular weight excluding hydrogens is 278 g/mol. The van der Waals surface area contributed by atoms with Gasteiger partial charge in [0.25, 0.3) is 0 Å². The van der Waals surface area contributed by atoms with Gasteiger partial charge in [0.1, 0.15) is 6.04 Å². The fraction of sp³-hybridized carbons (Fsp3) is 0.583. The van der Waals surface area contributed by atoms with E-state index in [9.17, 15) is 14.4 Å². The predicted molar refractivity (Wildman–Crippen MR) is 68.3 cm³/mol. The number of amides is 2. The molecule has 1 atom stereocenters. The van der Waals surface area contributed by atoms with Crippen LogP contribution in [0, 0.1) is 0 Å². The standard InChI is InChI=1S/C12H15N5O4/c18-10-7-15(11(19)9-2-1-3-17(9)10)4-5-16-6-8(12(20)21)13-14-16/h6,9H,1-5,7H2,(H,20,21). The molecular formula is C12H15N5O4. The van der Waals surface area contributed by atoms with Crippen molar-refractivity contribution >= 4 is 17.8 Å². The third kappa shape index (κ3) is 2.46. The maximum absolute atomic E-state index is 12.3. The number of hydrogen-bond donors (Lipinski definition) is 1. The highest BCUT2D eigenvalue weighted by Crippen LogP contribution is 2.23. The topological polar surface area (TPSA) is 109 Å². The van der Waals surface area contributed by atoms with Crippen LogP contribution in [0.5, 0.6) is 0 Å². The molecule has 1 aromatic rings. The van der Waals surface area contributed by atoms with Crippen LogP contribution in [-0.2, 0) is 16.1 Å². The van der Waals surface area contributed by atoms with E-state index in [-0.39, 0.29) is 30.1 Å². The van der Waals surface area contributed by atoms with Crippen LogP contribution in [0.25, 0.3) is 0 Å². The third-order valence-electron chi connectivity index (χ3n) is 3.85. The molecule has 2 saturated heterocycles. The molecule has 9 heteroatoms.